The van der Waals surface area contributed by atoms with Crippen LogP contribution in [0.2, 0.25) is 0 Å². The van der Waals surface area contributed by atoms with E-state index in [1.165, 1.54) is 16.3 Å². The molecule has 1 atom stereocenters. The number of benzene rings is 2. The second kappa shape index (κ2) is 7.75. The van der Waals surface area contributed by atoms with E-state index in [0.717, 1.165) is 36.3 Å². The number of hydrazone groups is 1. The van der Waals surface area contributed by atoms with Gasteiger partial charge in [0.05, 0.1) is 17.0 Å². The van der Waals surface area contributed by atoms with Gasteiger partial charge in [-0.2, -0.15) is 10.1 Å². The molecule has 0 radical (unpaired) electrons. The predicted molar refractivity (Wildman–Crippen MR) is 126 cm³/mol. The van der Waals surface area contributed by atoms with Crippen LogP contribution >= 0.6 is 0 Å². The summed E-state index contributed by atoms with van der Waals surface area (Å²) in [6.45, 7) is 12.2. The van der Waals surface area contributed by atoms with Gasteiger partial charge in [-0.05, 0) is 81.0 Å². The van der Waals surface area contributed by atoms with E-state index in [4.69, 9.17) is 0 Å². The molecule has 1 amide bonds. The monoisotopic (exact) mass is 401 g/mol. The number of nitrogens with zero attached hydrogens (tertiary/aromatic N) is 3. The highest BCUT2D eigenvalue weighted by atomic mass is 16.2. The van der Waals surface area contributed by atoms with E-state index in [-0.39, 0.29) is 11.4 Å². The summed E-state index contributed by atoms with van der Waals surface area (Å²) >= 11 is 0. The van der Waals surface area contributed by atoms with Crippen molar-refractivity contribution in [1.29, 1.82) is 0 Å². The van der Waals surface area contributed by atoms with Crippen molar-refractivity contribution >= 4 is 29.1 Å². The minimum Gasteiger partial charge on any atom is -0.366 e. The first-order valence-electron chi connectivity index (χ1n) is 10.9. The Bertz CT molecular complexity index is 1020. The molecule has 0 aliphatic carbocycles. The lowest BCUT2D eigenvalue weighted by Crippen LogP contribution is -2.48. The maximum absolute atomic E-state index is 13.0. The summed E-state index contributed by atoms with van der Waals surface area (Å²) in [5, 5.41) is 5.99. The molecule has 2 aliphatic rings. The van der Waals surface area contributed by atoms with Crippen LogP contribution in [0.5, 0.6) is 0 Å². The summed E-state index contributed by atoms with van der Waals surface area (Å²) in [6, 6.07) is 16.2. The van der Waals surface area contributed by atoms with Crippen LogP contribution in [0.3, 0.4) is 0 Å². The van der Waals surface area contributed by atoms with Crippen molar-refractivity contribution in [2.45, 2.75) is 58.9 Å². The van der Waals surface area contributed by atoms with Gasteiger partial charge in [-0.25, -0.2) is 0 Å². The number of hydrogen-bond acceptors (Lipinski definition) is 3. The van der Waals surface area contributed by atoms with E-state index in [2.05, 4.69) is 55.9 Å². The van der Waals surface area contributed by atoms with Gasteiger partial charge in [0.1, 0.15) is 0 Å². The molecule has 156 valence electrons. The van der Waals surface area contributed by atoms with Gasteiger partial charge >= 0.3 is 0 Å². The molecule has 2 aromatic carbocycles. The molecule has 0 saturated heterocycles. The van der Waals surface area contributed by atoms with Crippen molar-refractivity contribution < 1.29 is 4.79 Å². The molecule has 0 spiro atoms. The first-order valence-corrected chi connectivity index (χ1v) is 10.9. The Morgan fingerprint density at radius 1 is 1.17 bits per heavy atom. The van der Waals surface area contributed by atoms with Gasteiger partial charge < -0.3 is 4.90 Å². The van der Waals surface area contributed by atoms with Crippen molar-refractivity contribution in [3.8, 4) is 0 Å². The van der Waals surface area contributed by atoms with Crippen molar-refractivity contribution in [2.75, 3.05) is 16.5 Å². The van der Waals surface area contributed by atoms with E-state index in [1.807, 2.05) is 43.3 Å². The number of carbonyl (C=O) groups excluding carboxylic acids is 1. The van der Waals surface area contributed by atoms with Gasteiger partial charge in [-0.15, -0.1) is 0 Å². The molecule has 2 heterocycles. The third-order valence-corrected chi connectivity index (χ3v) is 6.23. The summed E-state index contributed by atoms with van der Waals surface area (Å²) in [4.78, 5) is 15.6. The summed E-state index contributed by atoms with van der Waals surface area (Å²) in [7, 11) is 0. The highest BCUT2D eigenvalue weighted by molar-refractivity contribution is 6.32. The third-order valence-electron chi connectivity index (χ3n) is 6.23. The zero-order valence-corrected chi connectivity index (χ0v) is 18.6. The normalized spacial score (nSPS) is 21.8. The fourth-order valence-electron chi connectivity index (χ4n) is 4.84. The Morgan fingerprint density at radius 3 is 2.60 bits per heavy atom. The van der Waals surface area contributed by atoms with Crippen molar-refractivity contribution in [3.05, 3.63) is 65.2 Å². The topological polar surface area (TPSA) is 35.9 Å². The summed E-state index contributed by atoms with van der Waals surface area (Å²) < 4.78 is 0. The maximum Gasteiger partial charge on any atom is 0.280 e. The average molecular weight is 402 g/mol. The molecule has 4 nitrogen and oxygen atoms in total. The quantitative estimate of drug-likeness (QED) is 0.590. The summed E-state index contributed by atoms with van der Waals surface area (Å²) in [5.41, 5.74) is 6.13. The van der Waals surface area contributed by atoms with Gasteiger partial charge in [-0.3, -0.25) is 4.79 Å². The van der Waals surface area contributed by atoms with Gasteiger partial charge in [0.25, 0.3) is 5.91 Å². The molecule has 1 unspecified atom stereocenters. The Balaban J connectivity index is 1.68. The van der Waals surface area contributed by atoms with E-state index < -0.39 is 0 Å². The van der Waals surface area contributed by atoms with Crippen molar-refractivity contribution in [3.63, 3.8) is 0 Å². The van der Waals surface area contributed by atoms with Crippen LogP contribution in [0.1, 0.15) is 64.5 Å². The molecule has 0 bridgehead atoms. The standard InChI is InChI=1S/C26H31N3O/c1-6-14-28-24-13-12-20(15-22(24)18(2)17-26(28,4)5)16-23-19(3)27-29(25(23)30)21-10-8-7-9-11-21/h7-13,15-16,18H,6,14,17H2,1-5H3/b23-16-. The first-order chi connectivity index (χ1) is 14.3. The smallest absolute Gasteiger partial charge is 0.280 e. The van der Waals surface area contributed by atoms with Crippen LogP contribution in [0.4, 0.5) is 11.4 Å². The Kier molecular flexibility index (Phi) is 5.27. The summed E-state index contributed by atoms with van der Waals surface area (Å²) in [5.74, 6) is 0.412. The van der Waals surface area contributed by atoms with Crippen molar-refractivity contribution in [2.24, 2.45) is 5.10 Å². The van der Waals surface area contributed by atoms with Crippen LogP contribution < -0.4 is 9.91 Å². The zero-order valence-electron chi connectivity index (χ0n) is 18.6. The van der Waals surface area contributed by atoms with Gasteiger partial charge in [0, 0.05) is 17.8 Å². The molecule has 0 saturated carbocycles. The minimum atomic E-state index is -0.0711. The van der Waals surface area contributed by atoms with Gasteiger partial charge in [0.2, 0.25) is 0 Å². The first kappa shape index (κ1) is 20.4. The fourth-order valence-corrected chi connectivity index (χ4v) is 4.84. The molecule has 0 aromatic heterocycles. The lowest BCUT2D eigenvalue weighted by Gasteiger charge is -2.47. The number of hydrogen-bond donors (Lipinski definition) is 0. The maximum atomic E-state index is 13.0. The number of amides is 1. The van der Waals surface area contributed by atoms with Gasteiger partial charge in [-0.1, -0.05) is 38.1 Å². The van der Waals surface area contributed by atoms with Crippen LogP contribution in [0.15, 0.2) is 59.2 Å². The molecule has 2 aromatic rings. The molecular weight excluding hydrogens is 370 g/mol. The molecule has 4 heteroatoms. The fraction of sp³-hybridized carbons (Fsp3) is 0.385. The molecular formula is C26H31N3O. The molecule has 0 N–H and O–H groups in total. The Hall–Kier alpha value is -2.88. The number of carbonyl (C=O) groups is 1. The molecule has 30 heavy (non-hydrogen) atoms. The van der Waals surface area contributed by atoms with E-state index >= 15 is 0 Å². The lowest BCUT2D eigenvalue weighted by molar-refractivity contribution is -0.114. The van der Waals surface area contributed by atoms with E-state index in [1.54, 1.807) is 0 Å². The average Bonchev–Trinajstić information content (AvgIpc) is 3.00. The lowest BCUT2D eigenvalue weighted by atomic mass is 9.79. The number of rotatable bonds is 4. The molecule has 4 rings (SSSR count). The van der Waals surface area contributed by atoms with Crippen LogP contribution in [-0.2, 0) is 4.79 Å². The SMILES string of the molecule is CCCN1c2ccc(/C=C3\C(=O)N(c4ccccc4)N=C3C)cc2C(C)CC1(C)C. The summed E-state index contributed by atoms with van der Waals surface area (Å²) in [6.07, 6.45) is 4.24. The van der Waals surface area contributed by atoms with E-state index in [0.29, 0.717) is 11.5 Å². The van der Waals surface area contributed by atoms with E-state index in [9.17, 15) is 4.79 Å². The number of para-hydroxylation sites is 1. The zero-order chi connectivity index (χ0) is 21.5. The van der Waals surface area contributed by atoms with Crippen LogP contribution in [-0.4, -0.2) is 23.7 Å². The number of fused-ring (bicyclic) bond motifs is 1. The second-order valence-corrected chi connectivity index (χ2v) is 9.08. The Morgan fingerprint density at radius 2 is 1.90 bits per heavy atom. The third kappa shape index (κ3) is 3.55. The largest absolute Gasteiger partial charge is 0.366 e. The minimum absolute atomic E-state index is 0.0711. The van der Waals surface area contributed by atoms with Crippen molar-refractivity contribution in [1.82, 2.24) is 0 Å². The Labute approximate surface area is 179 Å². The van der Waals surface area contributed by atoms with Gasteiger partial charge in [0.15, 0.2) is 0 Å². The highest BCUT2D eigenvalue weighted by Gasteiger charge is 2.36. The highest BCUT2D eigenvalue weighted by Crippen LogP contribution is 2.44. The van der Waals surface area contributed by atoms with Crippen LogP contribution in [0.25, 0.3) is 6.08 Å². The predicted octanol–water partition coefficient (Wildman–Crippen LogP) is 5.99. The molecule has 2 aliphatic heterocycles. The number of anilines is 2. The van der Waals surface area contributed by atoms with Crippen LogP contribution in [0, 0.1) is 0 Å². The molecule has 0 fully saturated rings. The second-order valence-electron chi connectivity index (χ2n) is 9.08.